The molecular weight excluding hydrogens is 268 g/mol. The van der Waals surface area contributed by atoms with Gasteiger partial charge in [0, 0.05) is 18.7 Å². The highest BCUT2D eigenvalue weighted by Gasteiger charge is 2.19. The second kappa shape index (κ2) is 6.14. The molecule has 106 valence electrons. The van der Waals surface area contributed by atoms with Gasteiger partial charge < -0.3 is 10.5 Å². The fraction of sp³-hybridized carbons (Fsp3) is 0.417. The van der Waals surface area contributed by atoms with Gasteiger partial charge in [-0.15, -0.1) is 0 Å². The summed E-state index contributed by atoms with van der Waals surface area (Å²) in [5.74, 6) is -0.653. The van der Waals surface area contributed by atoms with Crippen molar-refractivity contribution in [2.75, 3.05) is 13.7 Å². The van der Waals surface area contributed by atoms with Gasteiger partial charge in [0.15, 0.2) is 0 Å². The Bertz CT molecular complexity index is 569. The Labute approximate surface area is 113 Å². The van der Waals surface area contributed by atoms with Crippen molar-refractivity contribution in [3.8, 4) is 0 Å². The Kier molecular flexibility index (Phi) is 5.04. The average Bonchev–Trinajstić information content (AvgIpc) is 2.28. The number of nitrogens with one attached hydrogen (secondary N) is 1. The number of carbonyl (C=O) groups is 1. The third-order valence-corrected chi connectivity index (χ3v) is 4.15. The van der Waals surface area contributed by atoms with Crippen molar-refractivity contribution < 1.29 is 17.9 Å². The molecule has 3 N–H and O–H groups in total. The second-order valence-electron chi connectivity index (χ2n) is 4.32. The van der Waals surface area contributed by atoms with Crippen LogP contribution in [0, 0.1) is 6.92 Å². The highest BCUT2D eigenvalue weighted by atomic mass is 32.2. The minimum atomic E-state index is -3.69. The van der Waals surface area contributed by atoms with E-state index < -0.39 is 15.9 Å². The number of hydrogen-bond donors (Lipinski definition) is 2. The van der Waals surface area contributed by atoms with Crippen LogP contribution in [0.4, 0.5) is 0 Å². The van der Waals surface area contributed by atoms with Gasteiger partial charge >= 0.3 is 0 Å². The standard InChI is InChI=1S/C12H18N2O4S/c1-8-4-5-10(6-11(8)12(13)15)19(16,17)14-9(2)7-18-3/h4-6,9,14H,7H2,1-3H3,(H2,13,15)/t9-/m1/s1. The lowest BCUT2D eigenvalue weighted by molar-refractivity contribution is 0.0999. The van der Waals surface area contributed by atoms with Gasteiger partial charge in [-0.25, -0.2) is 13.1 Å². The second-order valence-corrected chi connectivity index (χ2v) is 6.03. The van der Waals surface area contributed by atoms with Crippen LogP contribution >= 0.6 is 0 Å². The number of nitrogens with two attached hydrogens (primary N) is 1. The van der Waals surface area contributed by atoms with Gasteiger partial charge in [-0.1, -0.05) is 6.07 Å². The first-order valence-electron chi connectivity index (χ1n) is 5.69. The molecule has 0 bridgehead atoms. The Balaban J connectivity index is 3.08. The van der Waals surface area contributed by atoms with Crippen LogP contribution in [0.15, 0.2) is 23.1 Å². The Morgan fingerprint density at radius 1 is 1.47 bits per heavy atom. The van der Waals surface area contributed by atoms with E-state index in [1.165, 1.54) is 19.2 Å². The van der Waals surface area contributed by atoms with Crippen LogP contribution < -0.4 is 10.5 Å². The van der Waals surface area contributed by atoms with Gasteiger partial charge in [-0.3, -0.25) is 4.79 Å². The monoisotopic (exact) mass is 286 g/mol. The Morgan fingerprint density at radius 2 is 2.11 bits per heavy atom. The molecule has 0 aromatic heterocycles. The lowest BCUT2D eigenvalue weighted by atomic mass is 10.1. The number of aryl methyl sites for hydroxylation is 1. The minimum absolute atomic E-state index is 0.00912. The fourth-order valence-electron chi connectivity index (χ4n) is 1.65. The third kappa shape index (κ3) is 4.02. The summed E-state index contributed by atoms with van der Waals surface area (Å²) in [6.45, 7) is 3.63. The summed E-state index contributed by atoms with van der Waals surface area (Å²) in [5, 5.41) is 0. The highest BCUT2D eigenvalue weighted by molar-refractivity contribution is 7.89. The number of ether oxygens (including phenoxy) is 1. The first-order valence-corrected chi connectivity index (χ1v) is 7.18. The van der Waals surface area contributed by atoms with Gasteiger partial charge in [0.05, 0.1) is 11.5 Å². The van der Waals surface area contributed by atoms with Crippen LogP contribution in [-0.2, 0) is 14.8 Å². The molecule has 7 heteroatoms. The zero-order chi connectivity index (χ0) is 14.6. The molecule has 0 spiro atoms. The number of sulfonamides is 1. The van der Waals surface area contributed by atoms with Crippen molar-refractivity contribution in [3.63, 3.8) is 0 Å². The Hall–Kier alpha value is -1.44. The molecule has 0 unspecified atom stereocenters. The summed E-state index contributed by atoms with van der Waals surface area (Å²) >= 11 is 0. The molecule has 0 aliphatic carbocycles. The van der Waals surface area contributed by atoms with Crippen LogP contribution in [0.25, 0.3) is 0 Å². The summed E-state index contributed by atoms with van der Waals surface area (Å²) in [6, 6.07) is 3.90. The molecule has 6 nitrogen and oxygen atoms in total. The van der Waals surface area contributed by atoms with Crippen molar-refractivity contribution in [1.82, 2.24) is 4.72 Å². The number of hydrogen-bond acceptors (Lipinski definition) is 4. The van der Waals surface area contributed by atoms with Gasteiger partial charge in [-0.05, 0) is 31.5 Å². The predicted octanol–water partition coefficient (Wildman–Crippen LogP) is 0.407. The summed E-state index contributed by atoms with van der Waals surface area (Å²) in [5.41, 5.74) is 6.03. The van der Waals surface area contributed by atoms with Crippen molar-refractivity contribution in [2.45, 2.75) is 24.8 Å². The molecule has 0 radical (unpaired) electrons. The molecule has 0 heterocycles. The smallest absolute Gasteiger partial charge is 0.249 e. The zero-order valence-corrected chi connectivity index (χ0v) is 12.0. The highest BCUT2D eigenvalue weighted by Crippen LogP contribution is 2.15. The lowest BCUT2D eigenvalue weighted by Gasteiger charge is -2.14. The SMILES string of the molecule is COC[C@@H](C)NS(=O)(=O)c1ccc(C)c(C(N)=O)c1. The molecule has 1 rings (SSSR count). The summed E-state index contributed by atoms with van der Waals surface area (Å²) in [7, 11) is -2.20. The maximum absolute atomic E-state index is 12.1. The first-order chi connectivity index (χ1) is 8.77. The molecule has 0 saturated carbocycles. The number of amides is 1. The summed E-state index contributed by atoms with van der Waals surface area (Å²) in [4.78, 5) is 11.2. The van der Waals surface area contributed by atoms with Gasteiger partial charge in [0.2, 0.25) is 15.9 Å². The molecule has 1 aromatic rings. The van der Waals surface area contributed by atoms with E-state index in [9.17, 15) is 13.2 Å². The molecule has 0 fully saturated rings. The summed E-state index contributed by atoms with van der Waals surface area (Å²) in [6.07, 6.45) is 0. The first kappa shape index (κ1) is 15.6. The van der Waals surface area contributed by atoms with E-state index in [-0.39, 0.29) is 23.1 Å². The average molecular weight is 286 g/mol. The van der Waals surface area contributed by atoms with Crippen LogP contribution in [0.1, 0.15) is 22.8 Å². The number of primary amides is 1. The van der Waals surface area contributed by atoms with E-state index in [0.717, 1.165) is 0 Å². The van der Waals surface area contributed by atoms with E-state index in [1.807, 2.05) is 0 Å². The number of carbonyl (C=O) groups excluding carboxylic acids is 1. The summed E-state index contributed by atoms with van der Waals surface area (Å²) < 4.78 is 31.5. The van der Waals surface area contributed by atoms with Crippen molar-refractivity contribution in [3.05, 3.63) is 29.3 Å². The fourth-order valence-corrected chi connectivity index (χ4v) is 2.90. The van der Waals surface area contributed by atoms with Crippen LogP contribution in [0.3, 0.4) is 0 Å². The normalized spacial score (nSPS) is 13.2. The van der Waals surface area contributed by atoms with E-state index in [0.29, 0.717) is 5.56 Å². The third-order valence-electron chi connectivity index (χ3n) is 2.56. The maximum atomic E-state index is 12.1. The number of benzene rings is 1. The van der Waals surface area contributed by atoms with Gasteiger partial charge in [-0.2, -0.15) is 0 Å². The Morgan fingerprint density at radius 3 is 2.63 bits per heavy atom. The maximum Gasteiger partial charge on any atom is 0.249 e. The van der Waals surface area contributed by atoms with E-state index in [2.05, 4.69) is 4.72 Å². The topological polar surface area (TPSA) is 98.5 Å². The van der Waals surface area contributed by atoms with E-state index in [4.69, 9.17) is 10.5 Å². The van der Waals surface area contributed by atoms with Crippen molar-refractivity contribution in [2.24, 2.45) is 5.73 Å². The van der Waals surface area contributed by atoms with Crippen LogP contribution in [0.5, 0.6) is 0 Å². The minimum Gasteiger partial charge on any atom is -0.383 e. The lowest BCUT2D eigenvalue weighted by Crippen LogP contribution is -2.35. The molecule has 0 aliphatic heterocycles. The van der Waals surface area contributed by atoms with E-state index in [1.54, 1.807) is 19.9 Å². The largest absolute Gasteiger partial charge is 0.383 e. The molecular formula is C12H18N2O4S. The molecule has 0 saturated heterocycles. The molecule has 19 heavy (non-hydrogen) atoms. The molecule has 1 amide bonds. The molecule has 0 aliphatic rings. The van der Waals surface area contributed by atoms with Gasteiger partial charge in [0.25, 0.3) is 0 Å². The quantitative estimate of drug-likeness (QED) is 0.791. The van der Waals surface area contributed by atoms with Crippen LogP contribution in [-0.4, -0.2) is 34.1 Å². The number of methoxy groups -OCH3 is 1. The molecule has 1 aromatic carbocycles. The predicted molar refractivity (Wildman–Crippen MR) is 71.4 cm³/mol. The van der Waals surface area contributed by atoms with E-state index >= 15 is 0 Å². The van der Waals surface area contributed by atoms with Crippen molar-refractivity contribution in [1.29, 1.82) is 0 Å². The molecule has 1 atom stereocenters. The number of rotatable bonds is 6. The van der Waals surface area contributed by atoms with Gasteiger partial charge in [0.1, 0.15) is 0 Å². The van der Waals surface area contributed by atoms with Crippen LogP contribution in [0.2, 0.25) is 0 Å². The van der Waals surface area contributed by atoms with Crippen molar-refractivity contribution >= 4 is 15.9 Å². The zero-order valence-electron chi connectivity index (χ0n) is 11.1.